The number of pyridine rings is 1. The molecule has 1 fully saturated rings. The third kappa shape index (κ3) is 2.42. The molecule has 0 atom stereocenters. The molecule has 0 radical (unpaired) electrons. The van der Waals surface area contributed by atoms with Crippen LogP contribution >= 0.6 is 15.9 Å². The van der Waals surface area contributed by atoms with Gasteiger partial charge in [-0.1, -0.05) is 22.0 Å². The predicted octanol–water partition coefficient (Wildman–Crippen LogP) is 2.28. The summed E-state index contributed by atoms with van der Waals surface area (Å²) in [7, 11) is -0.322. The van der Waals surface area contributed by atoms with Gasteiger partial charge in [0.25, 0.3) is 0 Å². The topological polar surface area (TPSA) is 31.4 Å². The third-order valence-electron chi connectivity index (χ3n) is 3.51. The molecular formula is C12H17BBrNO2. The van der Waals surface area contributed by atoms with Crippen molar-refractivity contribution < 1.29 is 9.31 Å². The molecule has 1 aliphatic rings. The van der Waals surface area contributed by atoms with Crippen LogP contribution in [0.5, 0.6) is 0 Å². The fourth-order valence-electron chi connectivity index (χ4n) is 1.63. The maximum atomic E-state index is 5.95. The van der Waals surface area contributed by atoms with E-state index in [1.807, 2.05) is 46.0 Å². The van der Waals surface area contributed by atoms with Gasteiger partial charge in [-0.05, 0) is 33.8 Å². The fourth-order valence-corrected chi connectivity index (χ4v) is 1.97. The number of hydrogen-bond donors (Lipinski definition) is 0. The van der Waals surface area contributed by atoms with Gasteiger partial charge in [-0.25, -0.2) is 0 Å². The molecule has 0 amide bonds. The van der Waals surface area contributed by atoms with E-state index in [0.717, 1.165) is 16.5 Å². The van der Waals surface area contributed by atoms with Crippen LogP contribution < -0.4 is 5.46 Å². The molecular weight excluding hydrogens is 281 g/mol. The second-order valence-corrected chi connectivity index (χ2v) is 5.87. The third-order valence-corrected chi connectivity index (χ3v) is 4.08. The van der Waals surface area contributed by atoms with Crippen molar-refractivity contribution in [3.63, 3.8) is 0 Å². The molecule has 0 spiro atoms. The zero-order valence-electron chi connectivity index (χ0n) is 10.7. The number of hydrogen-bond acceptors (Lipinski definition) is 3. The smallest absolute Gasteiger partial charge is 0.399 e. The van der Waals surface area contributed by atoms with Gasteiger partial charge in [-0.15, -0.1) is 0 Å². The van der Waals surface area contributed by atoms with E-state index >= 15 is 0 Å². The fraction of sp³-hybridized carbons (Fsp3) is 0.583. The lowest BCUT2D eigenvalue weighted by Crippen LogP contribution is -2.41. The Morgan fingerprint density at radius 2 is 1.76 bits per heavy atom. The minimum Gasteiger partial charge on any atom is -0.399 e. The first-order valence-electron chi connectivity index (χ1n) is 5.72. The van der Waals surface area contributed by atoms with Crippen LogP contribution in [0.2, 0.25) is 0 Å². The molecule has 5 heteroatoms. The van der Waals surface area contributed by atoms with Crippen LogP contribution in [0, 0.1) is 0 Å². The lowest BCUT2D eigenvalue weighted by molar-refractivity contribution is 0.00578. The maximum Gasteiger partial charge on any atom is 0.496 e. The Morgan fingerprint density at radius 3 is 2.18 bits per heavy atom. The van der Waals surface area contributed by atoms with Gasteiger partial charge < -0.3 is 9.31 Å². The maximum absolute atomic E-state index is 5.95. The average molecular weight is 298 g/mol. The summed E-state index contributed by atoms with van der Waals surface area (Å²) < 4.78 is 11.9. The quantitative estimate of drug-likeness (QED) is 0.620. The number of alkyl halides is 1. The normalized spacial score (nSPS) is 21.8. The van der Waals surface area contributed by atoms with Crippen molar-refractivity contribution in [2.45, 2.75) is 44.2 Å². The molecule has 0 saturated carbocycles. The molecule has 1 aliphatic heterocycles. The van der Waals surface area contributed by atoms with Gasteiger partial charge in [0.1, 0.15) is 0 Å². The molecule has 17 heavy (non-hydrogen) atoms. The van der Waals surface area contributed by atoms with Crippen molar-refractivity contribution in [1.29, 1.82) is 0 Å². The summed E-state index contributed by atoms with van der Waals surface area (Å²) in [6.07, 6.45) is 1.82. The number of nitrogens with zero attached hydrogens (tertiary/aromatic N) is 1. The highest BCUT2D eigenvalue weighted by Crippen LogP contribution is 2.36. The summed E-state index contributed by atoms with van der Waals surface area (Å²) in [6, 6.07) is 3.99. The highest BCUT2D eigenvalue weighted by atomic mass is 79.9. The highest BCUT2D eigenvalue weighted by molar-refractivity contribution is 9.08. The number of rotatable bonds is 2. The van der Waals surface area contributed by atoms with E-state index < -0.39 is 0 Å². The Labute approximate surface area is 111 Å². The largest absolute Gasteiger partial charge is 0.496 e. The summed E-state index contributed by atoms with van der Waals surface area (Å²) >= 11 is 3.38. The Kier molecular flexibility index (Phi) is 3.36. The number of aromatic nitrogens is 1. The Balaban J connectivity index is 2.20. The molecule has 0 aliphatic carbocycles. The van der Waals surface area contributed by atoms with E-state index in [1.54, 1.807) is 0 Å². The zero-order valence-corrected chi connectivity index (χ0v) is 12.2. The summed E-state index contributed by atoms with van der Waals surface area (Å²) in [5.41, 5.74) is 1.37. The van der Waals surface area contributed by atoms with Crippen molar-refractivity contribution >= 4 is 28.5 Å². The molecule has 1 saturated heterocycles. The van der Waals surface area contributed by atoms with E-state index in [9.17, 15) is 0 Å². The molecule has 0 unspecified atom stereocenters. The van der Waals surface area contributed by atoms with Crippen LogP contribution in [0.4, 0.5) is 0 Å². The lowest BCUT2D eigenvalue weighted by Gasteiger charge is -2.32. The van der Waals surface area contributed by atoms with Crippen LogP contribution in [-0.4, -0.2) is 23.3 Å². The van der Waals surface area contributed by atoms with E-state index in [1.165, 1.54) is 0 Å². The van der Waals surface area contributed by atoms with Crippen LogP contribution in [0.1, 0.15) is 33.4 Å². The molecule has 2 rings (SSSR count). The second kappa shape index (κ2) is 4.37. The SMILES string of the molecule is CC1(C)OB(c2ccc(CBr)nc2)OC1(C)C. The van der Waals surface area contributed by atoms with Crippen molar-refractivity contribution in [1.82, 2.24) is 4.98 Å². The van der Waals surface area contributed by atoms with Crippen molar-refractivity contribution in [2.24, 2.45) is 0 Å². The first-order chi connectivity index (χ1) is 7.86. The molecule has 0 aromatic carbocycles. The van der Waals surface area contributed by atoms with Crippen LogP contribution in [0.3, 0.4) is 0 Å². The zero-order chi connectivity index (χ0) is 12.7. The summed E-state index contributed by atoms with van der Waals surface area (Å²) in [4.78, 5) is 4.33. The molecule has 0 N–H and O–H groups in total. The molecule has 92 valence electrons. The Bertz CT molecular complexity index is 389. The molecule has 3 nitrogen and oxygen atoms in total. The molecule has 0 bridgehead atoms. The first kappa shape index (κ1) is 13.1. The van der Waals surface area contributed by atoms with Crippen molar-refractivity contribution in [3.05, 3.63) is 24.0 Å². The van der Waals surface area contributed by atoms with Crippen LogP contribution in [0.25, 0.3) is 0 Å². The van der Waals surface area contributed by atoms with Crippen molar-refractivity contribution in [3.8, 4) is 0 Å². The van der Waals surface area contributed by atoms with Gasteiger partial charge in [0.15, 0.2) is 0 Å². The van der Waals surface area contributed by atoms with Crippen LogP contribution in [0.15, 0.2) is 18.3 Å². The van der Waals surface area contributed by atoms with Crippen molar-refractivity contribution in [2.75, 3.05) is 0 Å². The van der Waals surface area contributed by atoms with E-state index in [-0.39, 0.29) is 18.3 Å². The van der Waals surface area contributed by atoms with Gasteiger partial charge in [0.05, 0.1) is 16.9 Å². The lowest BCUT2D eigenvalue weighted by atomic mass is 9.80. The monoisotopic (exact) mass is 297 g/mol. The summed E-state index contributed by atoms with van der Waals surface area (Å²) in [5, 5.41) is 0.761. The van der Waals surface area contributed by atoms with E-state index in [0.29, 0.717) is 0 Å². The summed E-state index contributed by atoms with van der Waals surface area (Å²) in [6.45, 7) is 8.20. The van der Waals surface area contributed by atoms with Gasteiger partial charge in [0, 0.05) is 17.0 Å². The summed E-state index contributed by atoms with van der Waals surface area (Å²) in [5.74, 6) is 0. The molecule has 2 heterocycles. The molecule has 1 aromatic heterocycles. The minimum absolute atomic E-state index is 0.300. The minimum atomic E-state index is -0.322. The second-order valence-electron chi connectivity index (χ2n) is 5.30. The van der Waals surface area contributed by atoms with E-state index in [2.05, 4.69) is 20.9 Å². The highest BCUT2D eigenvalue weighted by Gasteiger charge is 2.51. The number of halogens is 1. The van der Waals surface area contributed by atoms with Gasteiger partial charge in [-0.2, -0.15) is 0 Å². The van der Waals surface area contributed by atoms with Gasteiger partial charge >= 0.3 is 7.12 Å². The van der Waals surface area contributed by atoms with Gasteiger partial charge in [0.2, 0.25) is 0 Å². The molecule has 1 aromatic rings. The van der Waals surface area contributed by atoms with E-state index in [4.69, 9.17) is 9.31 Å². The Hall–Kier alpha value is -0.385. The predicted molar refractivity (Wildman–Crippen MR) is 72.6 cm³/mol. The van der Waals surface area contributed by atoms with Crippen LogP contribution in [-0.2, 0) is 14.6 Å². The Morgan fingerprint density at radius 1 is 1.18 bits per heavy atom. The van der Waals surface area contributed by atoms with Gasteiger partial charge in [-0.3, -0.25) is 4.98 Å². The standard InChI is InChI=1S/C12H17BBrNO2/c1-11(2)12(3,4)17-13(16-11)9-5-6-10(7-14)15-8-9/h5-6,8H,7H2,1-4H3. The average Bonchev–Trinajstić information content (AvgIpc) is 2.48. The first-order valence-corrected chi connectivity index (χ1v) is 6.84.